The summed E-state index contributed by atoms with van der Waals surface area (Å²) in [5, 5.41) is 0. The number of hydrogen-bond acceptors (Lipinski definition) is 2. The average molecular weight is 224 g/mol. The number of aromatic nitrogens is 2. The van der Waals surface area contributed by atoms with Gasteiger partial charge in [-0.1, -0.05) is 24.3 Å². The molecule has 0 amide bonds. The molecule has 0 radical (unpaired) electrons. The Kier molecular flexibility index (Phi) is 2.37. The third kappa shape index (κ3) is 1.60. The molecule has 3 heteroatoms. The first-order valence-corrected chi connectivity index (χ1v) is 5.65. The van der Waals surface area contributed by atoms with Crippen LogP contribution in [0.25, 0.3) is 5.70 Å². The second kappa shape index (κ2) is 4.01. The molecular formula is C14H12N2O. The van der Waals surface area contributed by atoms with Crippen LogP contribution in [0.2, 0.25) is 0 Å². The Labute approximate surface area is 99.4 Å². The number of benzene rings is 1. The molecule has 0 atom stereocenters. The first-order chi connectivity index (χ1) is 8.40. The summed E-state index contributed by atoms with van der Waals surface area (Å²) in [6.45, 7) is 0. The van der Waals surface area contributed by atoms with E-state index >= 15 is 0 Å². The number of rotatable bonds is 2. The Bertz CT molecular complexity index is 582. The van der Waals surface area contributed by atoms with Crippen molar-refractivity contribution in [2.45, 2.75) is 12.8 Å². The Hall–Kier alpha value is -2.16. The molecule has 0 unspecified atom stereocenters. The number of allylic oxidation sites excluding steroid dienone is 1. The topological polar surface area (TPSA) is 34.9 Å². The minimum absolute atomic E-state index is 0.800. The highest BCUT2D eigenvalue weighted by Gasteiger charge is 2.19. The van der Waals surface area contributed by atoms with Gasteiger partial charge in [-0.3, -0.25) is 4.79 Å². The Morgan fingerprint density at radius 1 is 1.24 bits per heavy atom. The minimum atomic E-state index is 0.800. The molecule has 1 aromatic heterocycles. The van der Waals surface area contributed by atoms with Gasteiger partial charge in [0.15, 0.2) is 0 Å². The van der Waals surface area contributed by atoms with E-state index in [1.807, 2.05) is 22.9 Å². The molecule has 1 aliphatic carbocycles. The maximum Gasteiger partial charge on any atom is 0.148 e. The zero-order valence-electron chi connectivity index (χ0n) is 9.34. The van der Waals surface area contributed by atoms with Crippen LogP contribution in [0.15, 0.2) is 48.6 Å². The van der Waals surface area contributed by atoms with Crippen molar-refractivity contribution in [2.75, 3.05) is 0 Å². The molecule has 1 heterocycles. The molecule has 3 nitrogen and oxygen atoms in total. The summed E-state index contributed by atoms with van der Waals surface area (Å²) in [4.78, 5) is 15.2. The average Bonchev–Trinajstić information content (AvgIpc) is 2.91. The lowest BCUT2D eigenvalue weighted by atomic mass is 9.90. The van der Waals surface area contributed by atoms with Gasteiger partial charge in [0.25, 0.3) is 0 Å². The van der Waals surface area contributed by atoms with Crippen LogP contribution in [0.3, 0.4) is 0 Å². The normalized spacial score (nSPS) is 14.6. The maximum absolute atomic E-state index is 11.2. The fourth-order valence-electron chi connectivity index (χ4n) is 2.34. The van der Waals surface area contributed by atoms with Gasteiger partial charge in [0.1, 0.15) is 6.29 Å². The largest absolute Gasteiger partial charge is 0.305 e. The summed E-state index contributed by atoms with van der Waals surface area (Å²) in [5.74, 6) is 0. The summed E-state index contributed by atoms with van der Waals surface area (Å²) in [6.07, 6.45) is 8.04. The molecule has 0 spiro atoms. The van der Waals surface area contributed by atoms with Crippen LogP contribution < -0.4 is 0 Å². The second-order valence-corrected chi connectivity index (χ2v) is 4.12. The van der Waals surface area contributed by atoms with E-state index in [0.717, 1.165) is 36.0 Å². The number of fused-ring (bicyclic) bond motifs is 1. The number of aryl methyl sites for hydroxylation is 1. The standard InChI is InChI=1S/C14H12N2O/c17-9-12-6-5-11-3-1-2-4-13(11)14(12)16-8-7-15-10-16/h1-4,7-10H,5-6H2. The van der Waals surface area contributed by atoms with E-state index in [9.17, 15) is 4.79 Å². The van der Waals surface area contributed by atoms with E-state index in [1.54, 1.807) is 12.5 Å². The van der Waals surface area contributed by atoms with Crippen LogP contribution in [-0.4, -0.2) is 15.8 Å². The van der Waals surface area contributed by atoms with Crippen molar-refractivity contribution in [1.82, 2.24) is 9.55 Å². The van der Waals surface area contributed by atoms with E-state index in [-0.39, 0.29) is 0 Å². The highest BCUT2D eigenvalue weighted by Crippen LogP contribution is 2.31. The Morgan fingerprint density at radius 3 is 2.88 bits per heavy atom. The molecule has 0 bridgehead atoms. The number of aldehydes is 1. The van der Waals surface area contributed by atoms with Gasteiger partial charge in [-0.05, 0) is 18.4 Å². The van der Waals surface area contributed by atoms with Crippen LogP contribution in [0.4, 0.5) is 0 Å². The van der Waals surface area contributed by atoms with Gasteiger partial charge in [-0.2, -0.15) is 0 Å². The van der Waals surface area contributed by atoms with Gasteiger partial charge in [0.05, 0.1) is 12.0 Å². The SMILES string of the molecule is O=CC1=C(n2ccnc2)c2ccccc2CC1. The van der Waals surface area contributed by atoms with Crippen molar-refractivity contribution in [3.8, 4) is 0 Å². The quantitative estimate of drug-likeness (QED) is 0.733. The van der Waals surface area contributed by atoms with Crippen LogP contribution in [-0.2, 0) is 11.2 Å². The van der Waals surface area contributed by atoms with E-state index in [1.165, 1.54) is 5.56 Å². The van der Waals surface area contributed by atoms with Crippen molar-refractivity contribution in [3.63, 3.8) is 0 Å². The molecule has 2 aromatic rings. The summed E-state index contributed by atoms with van der Waals surface area (Å²) < 4.78 is 1.92. The molecular weight excluding hydrogens is 212 g/mol. The monoisotopic (exact) mass is 224 g/mol. The second-order valence-electron chi connectivity index (χ2n) is 4.12. The highest BCUT2D eigenvalue weighted by molar-refractivity contribution is 5.90. The molecule has 84 valence electrons. The fraction of sp³-hybridized carbons (Fsp3) is 0.143. The number of carbonyl (C=O) groups excluding carboxylic acids is 1. The maximum atomic E-state index is 11.2. The molecule has 0 aliphatic heterocycles. The van der Waals surface area contributed by atoms with Gasteiger partial charge in [0, 0.05) is 23.5 Å². The van der Waals surface area contributed by atoms with E-state index in [0.29, 0.717) is 0 Å². The van der Waals surface area contributed by atoms with E-state index in [4.69, 9.17) is 0 Å². The lowest BCUT2D eigenvalue weighted by Gasteiger charge is -2.21. The molecule has 1 aromatic carbocycles. The van der Waals surface area contributed by atoms with E-state index < -0.39 is 0 Å². The van der Waals surface area contributed by atoms with Crippen molar-refractivity contribution < 1.29 is 4.79 Å². The lowest BCUT2D eigenvalue weighted by Crippen LogP contribution is -2.10. The number of imidazole rings is 1. The van der Waals surface area contributed by atoms with Gasteiger partial charge in [0.2, 0.25) is 0 Å². The Morgan fingerprint density at radius 2 is 2.12 bits per heavy atom. The number of hydrogen-bond donors (Lipinski definition) is 0. The fourth-order valence-corrected chi connectivity index (χ4v) is 2.34. The van der Waals surface area contributed by atoms with Crippen LogP contribution in [0.1, 0.15) is 17.5 Å². The molecule has 0 fully saturated rings. The van der Waals surface area contributed by atoms with Crippen molar-refractivity contribution >= 4 is 12.0 Å². The van der Waals surface area contributed by atoms with Gasteiger partial charge >= 0.3 is 0 Å². The third-order valence-electron chi connectivity index (χ3n) is 3.15. The van der Waals surface area contributed by atoms with Crippen LogP contribution in [0.5, 0.6) is 0 Å². The van der Waals surface area contributed by atoms with Crippen molar-refractivity contribution in [1.29, 1.82) is 0 Å². The van der Waals surface area contributed by atoms with Crippen LogP contribution >= 0.6 is 0 Å². The van der Waals surface area contributed by atoms with Gasteiger partial charge in [-0.15, -0.1) is 0 Å². The first-order valence-electron chi connectivity index (χ1n) is 5.65. The summed E-state index contributed by atoms with van der Waals surface area (Å²) in [7, 11) is 0. The van der Waals surface area contributed by atoms with Crippen molar-refractivity contribution in [3.05, 3.63) is 59.7 Å². The smallest absolute Gasteiger partial charge is 0.148 e. The van der Waals surface area contributed by atoms with E-state index in [2.05, 4.69) is 17.1 Å². The number of carbonyl (C=O) groups is 1. The lowest BCUT2D eigenvalue weighted by molar-refractivity contribution is -0.105. The third-order valence-corrected chi connectivity index (χ3v) is 3.15. The molecule has 17 heavy (non-hydrogen) atoms. The predicted octanol–water partition coefficient (Wildman–Crippen LogP) is 2.29. The summed E-state index contributed by atoms with van der Waals surface area (Å²) >= 11 is 0. The molecule has 0 saturated heterocycles. The minimum Gasteiger partial charge on any atom is -0.305 e. The summed E-state index contributed by atoms with van der Waals surface area (Å²) in [6, 6.07) is 8.22. The van der Waals surface area contributed by atoms with Crippen molar-refractivity contribution in [2.24, 2.45) is 0 Å². The molecule has 0 saturated carbocycles. The molecule has 0 N–H and O–H groups in total. The molecule has 1 aliphatic rings. The zero-order valence-corrected chi connectivity index (χ0v) is 9.34. The molecule has 3 rings (SSSR count). The summed E-state index contributed by atoms with van der Waals surface area (Å²) in [5.41, 5.74) is 4.25. The highest BCUT2D eigenvalue weighted by atomic mass is 16.1. The zero-order chi connectivity index (χ0) is 11.7. The van der Waals surface area contributed by atoms with Gasteiger partial charge < -0.3 is 4.57 Å². The Balaban J connectivity index is 2.25. The van der Waals surface area contributed by atoms with Crippen LogP contribution in [0, 0.1) is 0 Å². The predicted molar refractivity (Wildman–Crippen MR) is 65.4 cm³/mol. The van der Waals surface area contributed by atoms with Gasteiger partial charge in [-0.25, -0.2) is 4.98 Å². The first kappa shape index (κ1) is 10.0. The number of nitrogens with zero attached hydrogens (tertiary/aromatic N) is 2.